The molecule has 2 aromatic heterocycles. The normalized spacial score (nSPS) is 20.2. The Morgan fingerprint density at radius 2 is 1.54 bits per heavy atom. The lowest BCUT2D eigenvalue weighted by molar-refractivity contribution is -0.136. The molecule has 59 heavy (non-hydrogen) atoms. The van der Waals surface area contributed by atoms with Crippen LogP contribution in [-0.2, 0) is 9.59 Å². The van der Waals surface area contributed by atoms with Crippen molar-refractivity contribution in [2.45, 2.75) is 56.9 Å². The third-order valence-electron chi connectivity index (χ3n) is 12.2. The van der Waals surface area contributed by atoms with Crippen molar-refractivity contribution < 1.29 is 23.9 Å². The van der Waals surface area contributed by atoms with E-state index in [1.54, 1.807) is 18.5 Å². The molecule has 304 valence electrons. The van der Waals surface area contributed by atoms with Crippen LogP contribution in [0.3, 0.4) is 0 Å². The number of nitrogen functional groups attached to an aromatic ring is 1. The van der Waals surface area contributed by atoms with Crippen LogP contribution in [0.2, 0.25) is 0 Å². The van der Waals surface area contributed by atoms with Gasteiger partial charge in [0.1, 0.15) is 29.4 Å². The predicted octanol–water partition coefficient (Wildman–Crippen LogP) is 5.25. The van der Waals surface area contributed by atoms with Crippen LogP contribution in [0.1, 0.15) is 77.3 Å². The highest BCUT2D eigenvalue weighted by Gasteiger charge is 2.47. The molecule has 1 aliphatic carbocycles. The number of hydrogen-bond acceptors (Lipinski definition) is 11. The van der Waals surface area contributed by atoms with Crippen LogP contribution in [0, 0.1) is 5.92 Å². The number of piperazine rings is 1. The van der Waals surface area contributed by atoms with Crippen molar-refractivity contribution in [2.75, 3.05) is 56.4 Å². The number of hydrogen-bond donors (Lipinski definition) is 3. The van der Waals surface area contributed by atoms with E-state index in [0.29, 0.717) is 28.8 Å². The lowest BCUT2D eigenvalue weighted by atomic mass is 9.87. The summed E-state index contributed by atoms with van der Waals surface area (Å²) in [5.41, 5.74) is 12.1. The molecule has 1 saturated carbocycles. The number of imide groups is 2. The van der Waals surface area contributed by atoms with Crippen LogP contribution in [0.15, 0.2) is 85.2 Å². The van der Waals surface area contributed by atoms with Gasteiger partial charge in [-0.25, -0.2) is 9.50 Å². The number of nitrogens with two attached hydrogens (primary N) is 1. The van der Waals surface area contributed by atoms with Gasteiger partial charge in [-0.05, 0) is 67.3 Å². The van der Waals surface area contributed by atoms with Gasteiger partial charge in [0.15, 0.2) is 5.82 Å². The lowest BCUT2D eigenvalue weighted by Gasteiger charge is -2.44. The zero-order valence-electron chi connectivity index (χ0n) is 33.0. The Morgan fingerprint density at radius 1 is 0.797 bits per heavy atom. The SMILES string of the molecule is Nc1ncnn2c(C3CCCCC3)cc(-c3ccc(Oc4ccccc4)cc3)c12.O=C1CCC(N2C(=O)c3cccc(N4CC(CN5CCNCC5)C4)c3C2=O)C(=O)N1. The maximum Gasteiger partial charge on any atom is 0.264 e. The van der Waals surface area contributed by atoms with E-state index >= 15 is 0 Å². The number of carbonyl (C=O) groups excluding carboxylic acids is 4. The number of para-hydroxylation sites is 1. The number of benzene rings is 3. The Morgan fingerprint density at radius 3 is 2.29 bits per heavy atom. The first-order valence-electron chi connectivity index (χ1n) is 20.8. The number of anilines is 2. The molecule has 4 N–H and O–H groups in total. The Balaban J connectivity index is 0.000000152. The van der Waals surface area contributed by atoms with Crippen LogP contribution < -0.4 is 26.0 Å². The fourth-order valence-electron chi connectivity index (χ4n) is 9.23. The molecule has 10 rings (SSSR count). The topological polar surface area (TPSA) is 167 Å². The number of ether oxygens (including phenoxy) is 1. The molecule has 0 radical (unpaired) electrons. The predicted molar refractivity (Wildman–Crippen MR) is 223 cm³/mol. The van der Waals surface area contributed by atoms with E-state index in [-0.39, 0.29) is 18.7 Å². The molecule has 5 aromatic rings. The van der Waals surface area contributed by atoms with E-state index in [2.05, 4.69) is 48.7 Å². The largest absolute Gasteiger partial charge is 0.457 e. The summed E-state index contributed by atoms with van der Waals surface area (Å²) in [6.07, 6.45) is 8.14. The zero-order valence-corrected chi connectivity index (χ0v) is 33.0. The number of rotatable bonds is 8. The molecule has 3 saturated heterocycles. The third-order valence-corrected chi connectivity index (χ3v) is 12.2. The van der Waals surface area contributed by atoms with Crippen molar-refractivity contribution in [1.29, 1.82) is 0 Å². The third kappa shape index (κ3) is 7.77. The average molecular weight is 796 g/mol. The van der Waals surface area contributed by atoms with Crippen molar-refractivity contribution in [2.24, 2.45) is 5.92 Å². The standard InChI is InChI=1S/C24H24N4O.C21H25N5O4/c25-24-23-21(15-22(28(23)27-16-26-24)18-7-3-1-4-8-18)17-11-13-20(14-12-17)29-19-9-5-2-6-10-19;27-17-5-4-16(19(28)23-17)26-20(29)14-2-1-3-15(18(14)21(26)30)25-11-13(12-25)10-24-8-6-22-7-9-24/h2,5-6,9-16,18H,1,3-4,7-8H2,(H2,25,26,27);1-3,13,16,22H,4-12H2,(H,23,27,28). The van der Waals surface area contributed by atoms with E-state index in [1.807, 2.05) is 53.0 Å². The molecule has 0 spiro atoms. The second-order valence-corrected chi connectivity index (χ2v) is 16.1. The van der Waals surface area contributed by atoms with Gasteiger partial charge in [-0.1, -0.05) is 55.7 Å². The van der Waals surface area contributed by atoms with Gasteiger partial charge < -0.3 is 25.6 Å². The summed E-state index contributed by atoms with van der Waals surface area (Å²) in [5, 5.41) is 10.1. The second-order valence-electron chi connectivity index (χ2n) is 16.1. The first kappa shape index (κ1) is 38.4. The highest BCUT2D eigenvalue weighted by atomic mass is 16.5. The minimum Gasteiger partial charge on any atom is -0.457 e. The average Bonchev–Trinajstić information content (AvgIpc) is 3.76. The number of amides is 4. The van der Waals surface area contributed by atoms with Gasteiger partial charge in [0, 0.05) is 75.3 Å². The first-order chi connectivity index (χ1) is 28.8. The Bertz CT molecular complexity index is 2360. The molecule has 3 aromatic carbocycles. The summed E-state index contributed by atoms with van der Waals surface area (Å²) >= 11 is 0. The maximum absolute atomic E-state index is 13.2. The molecule has 14 heteroatoms. The summed E-state index contributed by atoms with van der Waals surface area (Å²) in [6, 6.07) is 24.6. The molecule has 1 atom stereocenters. The fourth-order valence-corrected chi connectivity index (χ4v) is 9.23. The van der Waals surface area contributed by atoms with Gasteiger partial charge in [0.25, 0.3) is 11.8 Å². The molecule has 5 aliphatic rings. The minimum atomic E-state index is -0.931. The summed E-state index contributed by atoms with van der Waals surface area (Å²) in [4.78, 5) is 59.7. The number of nitrogens with one attached hydrogen (secondary N) is 2. The van der Waals surface area contributed by atoms with Crippen molar-refractivity contribution in [1.82, 2.24) is 35.0 Å². The van der Waals surface area contributed by atoms with Crippen molar-refractivity contribution in [3.05, 3.63) is 102 Å². The van der Waals surface area contributed by atoms with Crippen LogP contribution in [0.4, 0.5) is 11.5 Å². The maximum atomic E-state index is 13.2. The van der Waals surface area contributed by atoms with Gasteiger partial charge in [-0.3, -0.25) is 29.4 Å². The highest BCUT2D eigenvalue weighted by molar-refractivity contribution is 6.25. The lowest BCUT2D eigenvalue weighted by Crippen LogP contribution is -2.55. The van der Waals surface area contributed by atoms with Gasteiger partial charge in [0.2, 0.25) is 11.8 Å². The quantitative estimate of drug-likeness (QED) is 0.176. The Hall–Kier alpha value is -6.12. The highest BCUT2D eigenvalue weighted by Crippen LogP contribution is 2.40. The monoisotopic (exact) mass is 795 g/mol. The van der Waals surface area contributed by atoms with Gasteiger partial charge in [-0.15, -0.1) is 0 Å². The number of piperidine rings is 1. The summed E-state index contributed by atoms with van der Waals surface area (Å²) in [6.45, 7) is 6.91. The van der Waals surface area contributed by atoms with Crippen molar-refractivity contribution in [3.63, 3.8) is 0 Å². The number of aromatic nitrogens is 3. The van der Waals surface area contributed by atoms with E-state index in [0.717, 1.165) is 84.5 Å². The Labute approximate surface area is 342 Å². The van der Waals surface area contributed by atoms with E-state index in [9.17, 15) is 19.2 Å². The molecular formula is C45H49N9O5. The fraction of sp³-hybridized carbons (Fsp3) is 0.378. The van der Waals surface area contributed by atoms with E-state index in [4.69, 9.17) is 10.5 Å². The number of nitrogens with zero attached hydrogens (tertiary/aromatic N) is 6. The molecule has 0 bridgehead atoms. The Kier molecular flexibility index (Phi) is 10.8. The van der Waals surface area contributed by atoms with E-state index in [1.165, 1.54) is 37.8 Å². The first-order valence-corrected chi connectivity index (χ1v) is 20.8. The summed E-state index contributed by atoms with van der Waals surface area (Å²) < 4.78 is 7.93. The molecule has 4 amide bonds. The van der Waals surface area contributed by atoms with Crippen LogP contribution in [-0.4, -0.2) is 99.9 Å². The van der Waals surface area contributed by atoms with Gasteiger partial charge >= 0.3 is 0 Å². The smallest absolute Gasteiger partial charge is 0.264 e. The summed E-state index contributed by atoms with van der Waals surface area (Å²) in [5.74, 6) is 1.37. The van der Waals surface area contributed by atoms with Crippen LogP contribution in [0.5, 0.6) is 11.5 Å². The summed E-state index contributed by atoms with van der Waals surface area (Å²) in [7, 11) is 0. The van der Waals surface area contributed by atoms with Gasteiger partial charge in [-0.2, -0.15) is 5.10 Å². The van der Waals surface area contributed by atoms with E-state index < -0.39 is 23.8 Å². The van der Waals surface area contributed by atoms with Crippen LogP contribution >= 0.6 is 0 Å². The van der Waals surface area contributed by atoms with Crippen molar-refractivity contribution in [3.8, 4) is 22.6 Å². The minimum absolute atomic E-state index is 0.122. The van der Waals surface area contributed by atoms with Crippen molar-refractivity contribution >= 4 is 40.7 Å². The number of carbonyl (C=O) groups is 4. The van der Waals surface area contributed by atoms with Gasteiger partial charge in [0.05, 0.1) is 16.8 Å². The zero-order chi connectivity index (χ0) is 40.5. The molecule has 14 nitrogen and oxygen atoms in total. The number of fused-ring (bicyclic) bond motifs is 2. The second kappa shape index (κ2) is 16.6. The molecule has 4 aliphatic heterocycles. The van der Waals surface area contributed by atoms with Crippen LogP contribution in [0.25, 0.3) is 16.6 Å². The molecule has 6 heterocycles. The molecular weight excluding hydrogens is 747 g/mol. The molecule has 4 fully saturated rings. The molecule has 1 unspecified atom stereocenters.